The SMILES string of the molecule is Cc1cc(NN)c(C(=O)NCc2ccccc2Br)cn1. The predicted octanol–water partition coefficient (Wildman–Crippen LogP) is 2.37. The number of hydrazine groups is 1. The Morgan fingerprint density at radius 3 is 2.85 bits per heavy atom. The second-order valence-electron chi connectivity index (χ2n) is 4.29. The van der Waals surface area contributed by atoms with Gasteiger partial charge in [0.25, 0.3) is 5.91 Å². The maximum Gasteiger partial charge on any atom is 0.255 e. The Labute approximate surface area is 125 Å². The topological polar surface area (TPSA) is 80.0 Å². The number of benzene rings is 1. The van der Waals surface area contributed by atoms with Gasteiger partial charge in [-0.15, -0.1) is 0 Å². The van der Waals surface area contributed by atoms with Crippen molar-refractivity contribution in [3.8, 4) is 0 Å². The molecule has 1 aromatic carbocycles. The Balaban J connectivity index is 2.11. The number of aryl methyl sites for hydroxylation is 1. The zero-order chi connectivity index (χ0) is 14.5. The molecule has 104 valence electrons. The van der Waals surface area contributed by atoms with Crippen LogP contribution in [0.2, 0.25) is 0 Å². The number of nitrogens with two attached hydrogens (primary N) is 1. The third kappa shape index (κ3) is 3.34. The average Bonchev–Trinajstić information content (AvgIpc) is 2.46. The molecule has 0 aliphatic carbocycles. The minimum absolute atomic E-state index is 0.221. The number of hydrogen-bond donors (Lipinski definition) is 3. The van der Waals surface area contributed by atoms with Gasteiger partial charge in [-0.25, -0.2) is 0 Å². The summed E-state index contributed by atoms with van der Waals surface area (Å²) in [4.78, 5) is 16.3. The van der Waals surface area contributed by atoms with Gasteiger partial charge in [0.1, 0.15) is 0 Å². The highest BCUT2D eigenvalue weighted by atomic mass is 79.9. The van der Waals surface area contributed by atoms with Crippen molar-refractivity contribution in [1.82, 2.24) is 10.3 Å². The molecule has 0 atom stereocenters. The zero-order valence-corrected chi connectivity index (χ0v) is 12.6. The van der Waals surface area contributed by atoms with Crippen molar-refractivity contribution in [3.63, 3.8) is 0 Å². The van der Waals surface area contributed by atoms with E-state index < -0.39 is 0 Å². The van der Waals surface area contributed by atoms with Crippen molar-refractivity contribution < 1.29 is 4.79 Å². The number of halogens is 1. The van der Waals surface area contributed by atoms with Gasteiger partial charge in [-0.1, -0.05) is 34.1 Å². The van der Waals surface area contributed by atoms with Crippen molar-refractivity contribution >= 4 is 27.5 Å². The molecule has 0 radical (unpaired) electrons. The maximum atomic E-state index is 12.2. The number of hydrogen-bond acceptors (Lipinski definition) is 4. The van der Waals surface area contributed by atoms with E-state index in [1.165, 1.54) is 6.20 Å². The summed E-state index contributed by atoms with van der Waals surface area (Å²) >= 11 is 3.44. The fraction of sp³-hybridized carbons (Fsp3) is 0.143. The molecule has 1 aromatic heterocycles. The van der Waals surface area contributed by atoms with E-state index in [-0.39, 0.29) is 5.91 Å². The summed E-state index contributed by atoms with van der Waals surface area (Å²) in [5.74, 6) is 5.20. The number of pyridine rings is 1. The highest BCUT2D eigenvalue weighted by Gasteiger charge is 2.12. The van der Waals surface area contributed by atoms with Crippen LogP contribution in [0.5, 0.6) is 0 Å². The summed E-state index contributed by atoms with van der Waals surface area (Å²) in [6.45, 7) is 2.27. The van der Waals surface area contributed by atoms with Gasteiger partial charge in [0.2, 0.25) is 0 Å². The lowest BCUT2D eigenvalue weighted by Gasteiger charge is -2.10. The molecule has 1 heterocycles. The second kappa shape index (κ2) is 6.49. The summed E-state index contributed by atoms with van der Waals surface area (Å²) in [5, 5.41) is 2.85. The standard InChI is InChI=1S/C14H15BrN4O/c1-9-6-13(19-16)11(8-17-9)14(20)18-7-10-4-2-3-5-12(10)15/h2-6,8H,7,16H2,1H3,(H,17,19)(H,18,20). The second-order valence-corrected chi connectivity index (χ2v) is 5.14. The number of nitrogen functional groups attached to an aromatic ring is 1. The van der Waals surface area contributed by atoms with Crippen LogP contribution in [0.4, 0.5) is 5.69 Å². The van der Waals surface area contributed by atoms with Crippen LogP contribution in [-0.4, -0.2) is 10.9 Å². The molecule has 2 aromatic rings. The first-order chi connectivity index (χ1) is 9.61. The lowest BCUT2D eigenvalue weighted by atomic mass is 10.2. The Hall–Kier alpha value is -1.92. The minimum atomic E-state index is -0.221. The van der Waals surface area contributed by atoms with Crippen molar-refractivity contribution in [3.05, 3.63) is 57.8 Å². The molecule has 0 spiro atoms. The van der Waals surface area contributed by atoms with Gasteiger partial charge in [-0.05, 0) is 24.6 Å². The first-order valence-corrected chi connectivity index (χ1v) is 6.86. The quantitative estimate of drug-likeness (QED) is 0.592. The van der Waals surface area contributed by atoms with Crippen LogP contribution < -0.4 is 16.6 Å². The smallest absolute Gasteiger partial charge is 0.255 e. The number of aromatic nitrogens is 1. The molecule has 0 saturated carbocycles. The molecule has 4 N–H and O–H groups in total. The van der Waals surface area contributed by atoms with Crippen LogP contribution in [0.1, 0.15) is 21.6 Å². The third-order valence-corrected chi connectivity index (χ3v) is 3.61. The molecule has 0 saturated heterocycles. The highest BCUT2D eigenvalue weighted by Crippen LogP contribution is 2.17. The molecule has 1 amide bonds. The first-order valence-electron chi connectivity index (χ1n) is 6.06. The number of rotatable bonds is 4. The van der Waals surface area contributed by atoms with Crippen LogP contribution in [0, 0.1) is 6.92 Å². The van der Waals surface area contributed by atoms with Gasteiger partial charge < -0.3 is 10.7 Å². The molecule has 0 aliphatic rings. The van der Waals surface area contributed by atoms with Gasteiger partial charge in [-0.3, -0.25) is 15.6 Å². The van der Waals surface area contributed by atoms with E-state index in [4.69, 9.17) is 5.84 Å². The minimum Gasteiger partial charge on any atom is -0.348 e. The predicted molar refractivity (Wildman–Crippen MR) is 82.1 cm³/mol. The van der Waals surface area contributed by atoms with Crippen LogP contribution in [0.15, 0.2) is 41.0 Å². The van der Waals surface area contributed by atoms with Crippen molar-refractivity contribution in [2.45, 2.75) is 13.5 Å². The van der Waals surface area contributed by atoms with Crippen molar-refractivity contribution in [2.24, 2.45) is 5.84 Å². The van der Waals surface area contributed by atoms with E-state index in [0.717, 1.165) is 15.7 Å². The van der Waals surface area contributed by atoms with Gasteiger partial charge in [0.15, 0.2) is 0 Å². The summed E-state index contributed by atoms with van der Waals surface area (Å²) in [5.41, 5.74) is 5.29. The van der Waals surface area contributed by atoms with E-state index in [2.05, 4.69) is 31.7 Å². The van der Waals surface area contributed by atoms with Crippen LogP contribution >= 0.6 is 15.9 Å². The number of carbonyl (C=O) groups is 1. The highest BCUT2D eigenvalue weighted by molar-refractivity contribution is 9.10. The van der Waals surface area contributed by atoms with E-state index in [9.17, 15) is 4.79 Å². The molecule has 6 heteroatoms. The summed E-state index contributed by atoms with van der Waals surface area (Å²) in [6.07, 6.45) is 1.51. The number of amides is 1. The van der Waals surface area contributed by atoms with Crippen molar-refractivity contribution in [1.29, 1.82) is 0 Å². The van der Waals surface area contributed by atoms with Crippen molar-refractivity contribution in [2.75, 3.05) is 5.43 Å². The Morgan fingerprint density at radius 2 is 2.15 bits per heavy atom. The molecular formula is C14H15BrN4O. The van der Waals surface area contributed by atoms with Crippen LogP contribution in [0.25, 0.3) is 0 Å². The lowest BCUT2D eigenvalue weighted by molar-refractivity contribution is 0.0951. The third-order valence-electron chi connectivity index (χ3n) is 2.84. The van der Waals surface area contributed by atoms with E-state index in [1.54, 1.807) is 6.07 Å². The summed E-state index contributed by atoms with van der Waals surface area (Å²) in [7, 11) is 0. The molecule has 20 heavy (non-hydrogen) atoms. The van der Waals surface area contributed by atoms with E-state index in [0.29, 0.717) is 17.8 Å². The average molecular weight is 335 g/mol. The molecule has 0 fully saturated rings. The molecule has 0 unspecified atom stereocenters. The van der Waals surface area contributed by atoms with E-state index >= 15 is 0 Å². The largest absolute Gasteiger partial charge is 0.348 e. The normalized spacial score (nSPS) is 10.2. The van der Waals surface area contributed by atoms with Gasteiger partial charge >= 0.3 is 0 Å². The molecular weight excluding hydrogens is 320 g/mol. The monoisotopic (exact) mass is 334 g/mol. The number of nitrogens with zero attached hydrogens (tertiary/aromatic N) is 1. The first kappa shape index (κ1) is 14.5. The molecule has 0 aliphatic heterocycles. The summed E-state index contributed by atoms with van der Waals surface area (Å²) in [6, 6.07) is 9.46. The molecule has 0 bridgehead atoms. The summed E-state index contributed by atoms with van der Waals surface area (Å²) < 4.78 is 0.958. The number of nitrogens with one attached hydrogen (secondary N) is 2. The Kier molecular flexibility index (Phi) is 4.70. The fourth-order valence-corrected chi connectivity index (χ4v) is 2.20. The van der Waals surface area contributed by atoms with Gasteiger partial charge in [0, 0.05) is 22.9 Å². The fourth-order valence-electron chi connectivity index (χ4n) is 1.77. The zero-order valence-electron chi connectivity index (χ0n) is 11.0. The Bertz CT molecular complexity index is 630. The van der Waals surface area contributed by atoms with Gasteiger partial charge in [0.05, 0.1) is 11.3 Å². The van der Waals surface area contributed by atoms with Crippen LogP contribution in [-0.2, 0) is 6.54 Å². The molecule has 5 nitrogen and oxygen atoms in total. The number of carbonyl (C=O) groups excluding carboxylic acids is 1. The van der Waals surface area contributed by atoms with E-state index in [1.807, 2.05) is 31.2 Å². The van der Waals surface area contributed by atoms with Gasteiger partial charge in [-0.2, -0.15) is 0 Å². The number of anilines is 1. The van der Waals surface area contributed by atoms with Crippen LogP contribution in [0.3, 0.4) is 0 Å². The Morgan fingerprint density at radius 1 is 1.40 bits per heavy atom. The molecule has 2 rings (SSSR count). The lowest BCUT2D eigenvalue weighted by Crippen LogP contribution is -2.25. The maximum absolute atomic E-state index is 12.2.